The van der Waals surface area contributed by atoms with Crippen LogP contribution in [0.25, 0.3) is 5.65 Å². The highest BCUT2D eigenvalue weighted by atomic mass is 16.3. The molecule has 1 fully saturated rings. The number of hydrogen-bond donors (Lipinski definition) is 3. The van der Waals surface area contributed by atoms with E-state index >= 15 is 0 Å². The lowest BCUT2D eigenvalue weighted by atomic mass is 9.93. The van der Waals surface area contributed by atoms with Gasteiger partial charge in [0.2, 0.25) is 0 Å². The molecule has 1 aliphatic carbocycles. The van der Waals surface area contributed by atoms with Crippen LogP contribution in [0.2, 0.25) is 0 Å². The van der Waals surface area contributed by atoms with E-state index in [0.717, 1.165) is 42.6 Å². The Bertz CT molecular complexity index is 674. The van der Waals surface area contributed by atoms with Crippen LogP contribution >= 0.6 is 0 Å². The van der Waals surface area contributed by atoms with Gasteiger partial charge in [-0.1, -0.05) is 6.07 Å². The van der Waals surface area contributed by atoms with Gasteiger partial charge in [0, 0.05) is 31.4 Å². The number of imidazole rings is 1. The summed E-state index contributed by atoms with van der Waals surface area (Å²) in [6.07, 6.45) is 7.73. The Morgan fingerprint density at radius 2 is 2.17 bits per heavy atom. The number of hydrogen-bond acceptors (Lipinski definition) is 3. The van der Waals surface area contributed by atoms with Crippen LogP contribution in [0.15, 0.2) is 24.5 Å². The molecule has 23 heavy (non-hydrogen) atoms. The summed E-state index contributed by atoms with van der Waals surface area (Å²) in [4.78, 5) is 16.5. The quantitative estimate of drug-likeness (QED) is 0.804. The third-order valence-corrected chi connectivity index (χ3v) is 4.43. The van der Waals surface area contributed by atoms with E-state index < -0.39 is 0 Å². The van der Waals surface area contributed by atoms with Gasteiger partial charge in [0.15, 0.2) is 0 Å². The van der Waals surface area contributed by atoms with Crippen LogP contribution in [-0.4, -0.2) is 39.2 Å². The molecule has 2 aromatic rings. The first kappa shape index (κ1) is 15.8. The standard InChI is InChI=1S/C17H24N4O2/c1-12-3-2-10-21-11-14(19-16(12)21)8-9-18-17(23)20-13-4-6-15(22)7-5-13/h2-3,10-11,13,15,22H,4-9H2,1H3,(H2,18,20,23). The zero-order valence-electron chi connectivity index (χ0n) is 13.5. The molecule has 3 rings (SSSR count). The number of aromatic nitrogens is 2. The van der Waals surface area contributed by atoms with Crippen molar-refractivity contribution in [1.29, 1.82) is 0 Å². The van der Waals surface area contributed by atoms with Crippen LogP contribution in [0.1, 0.15) is 36.9 Å². The summed E-state index contributed by atoms with van der Waals surface area (Å²) in [6.45, 7) is 2.60. The molecule has 2 aromatic heterocycles. The number of carbonyl (C=O) groups is 1. The van der Waals surface area contributed by atoms with Gasteiger partial charge in [0.1, 0.15) is 5.65 Å². The van der Waals surface area contributed by atoms with Crippen molar-refractivity contribution in [1.82, 2.24) is 20.0 Å². The van der Waals surface area contributed by atoms with Crippen LogP contribution < -0.4 is 10.6 Å². The monoisotopic (exact) mass is 316 g/mol. The van der Waals surface area contributed by atoms with E-state index in [1.165, 1.54) is 0 Å². The highest BCUT2D eigenvalue weighted by Gasteiger charge is 2.20. The lowest BCUT2D eigenvalue weighted by molar-refractivity contribution is 0.117. The van der Waals surface area contributed by atoms with E-state index in [1.807, 2.05) is 35.9 Å². The molecule has 2 heterocycles. The summed E-state index contributed by atoms with van der Waals surface area (Å²) in [7, 11) is 0. The number of nitrogens with one attached hydrogen (secondary N) is 2. The molecule has 3 N–H and O–H groups in total. The fraction of sp³-hybridized carbons (Fsp3) is 0.529. The normalized spacial score (nSPS) is 21.3. The highest BCUT2D eigenvalue weighted by Crippen LogP contribution is 2.18. The molecule has 0 unspecified atom stereocenters. The number of aliphatic hydroxyl groups excluding tert-OH is 1. The third kappa shape index (κ3) is 4.01. The number of fused-ring (bicyclic) bond motifs is 1. The molecule has 0 aliphatic heterocycles. The molecule has 1 saturated carbocycles. The zero-order chi connectivity index (χ0) is 16.2. The minimum Gasteiger partial charge on any atom is -0.393 e. The summed E-state index contributed by atoms with van der Waals surface area (Å²) in [5.74, 6) is 0. The van der Waals surface area contributed by atoms with Gasteiger partial charge in [-0.05, 0) is 44.2 Å². The first-order valence-electron chi connectivity index (χ1n) is 8.27. The number of carbonyl (C=O) groups excluding carboxylic acids is 1. The molecule has 2 amide bonds. The minimum atomic E-state index is -0.199. The van der Waals surface area contributed by atoms with Gasteiger partial charge in [0.25, 0.3) is 0 Å². The minimum absolute atomic E-state index is 0.133. The fourth-order valence-corrected chi connectivity index (χ4v) is 3.09. The van der Waals surface area contributed by atoms with Gasteiger partial charge in [-0.15, -0.1) is 0 Å². The number of aryl methyl sites for hydroxylation is 1. The smallest absolute Gasteiger partial charge is 0.315 e. The van der Waals surface area contributed by atoms with E-state index in [2.05, 4.69) is 15.6 Å². The predicted octanol–water partition coefficient (Wildman–Crippen LogP) is 1.79. The fourth-order valence-electron chi connectivity index (χ4n) is 3.09. The Balaban J connectivity index is 1.45. The maximum atomic E-state index is 11.9. The highest BCUT2D eigenvalue weighted by molar-refractivity contribution is 5.74. The van der Waals surface area contributed by atoms with Crippen LogP contribution in [0.4, 0.5) is 4.79 Å². The molecule has 124 valence electrons. The van der Waals surface area contributed by atoms with Crippen molar-refractivity contribution in [2.45, 2.75) is 51.2 Å². The molecule has 0 saturated heterocycles. The lowest BCUT2D eigenvalue weighted by Crippen LogP contribution is -2.44. The van der Waals surface area contributed by atoms with Gasteiger partial charge in [0.05, 0.1) is 11.8 Å². The Kier molecular flexibility index (Phi) is 4.81. The molecule has 0 spiro atoms. The summed E-state index contributed by atoms with van der Waals surface area (Å²) in [6, 6.07) is 4.09. The van der Waals surface area contributed by atoms with Crippen molar-refractivity contribution in [2.24, 2.45) is 0 Å². The molecule has 6 heteroatoms. The number of nitrogens with zero attached hydrogens (tertiary/aromatic N) is 2. The number of rotatable bonds is 4. The third-order valence-electron chi connectivity index (χ3n) is 4.43. The van der Waals surface area contributed by atoms with E-state index in [1.54, 1.807) is 0 Å². The van der Waals surface area contributed by atoms with Gasteiger partial charge < -0.3 is 20.1 Å². The summed E-state index contributed by atoms with van der Waals surface area (Å²) in [5, 5.41) is 15.3. The Hall–Kier alpha value is -2.08. The second-order valence-corrected chi connectivity index (χ2v) is 6.31. The number of urea groups is 1. The first-order chi connectivity index (χ1) is 11.1. The van der Waals surface area contributed by atoms with Crippen LogP contribution in [0.3, 0.4) is 0 Å². The van der Waals surface area contributed by atoms with E-state index in [4.69, 9.17) is 0 Å². The summed E-state index contributed by atoms with van der Waals surface area (Å²) >= 11 is 0. The lowest BCUT2D eigenvalue weighted by Gasteiger charge is -2.26. The van der Waals surface area contributed by atoms with E-state index in [9.17, 15) is 9.90 Å². The topological polar surface area (TPSA) is 78.7 Å². The SMILES string of the molecule is Cc1cccn2cc(CCNC(=O)NC3CCC(O)CC3)nc12. The second kappa shape index (κ2) is 7.00. The van der Waals surface area contributed by atoms with Gasteiger partial charge in [-0.3, -0.25) is 0 Å². The van der Waals surface area contributed by atoms with Crippen LogP contribution in [0.5, 0.6) is 0 Å². The Labute approximate surface area is 135 Å². The summed E-state index contributed by atoms with van der Waals surface area (Å²) < 4.78 is 2.01. The molecular weight excluding hydrogens is 292 g/mol. The number of amides is 2. The maximum absolute atomic E-state index is 11.9. The molecule has 6 nitrogen and oxygen atoms in total. The van der Waals surface area contributed by atoms with E-state index in [0.29, 0.717) is 13.0 Å². The van der Waals surface area contributed by atoms with Crippen molar-refractivity contribution in [3.05, 3.63) is 35.8 Å². The maximum Gasteiger partial charge on any atom is 0.315 e. The zero-order valence-corrected chi connectivity index (χ0v) is 13.5. The molecule has 0 radical (unpaired) electrons. The predicted molar refractivity (Wildman–Crippen MR) is 88.4 cm³/mol. The van der Waals surface area contributed by atoms with Crippen LogP contribution in [0, 0.1) is 6.92 Å². The first-order valence-corrected chi connectivity index (χ1v) is 8.27. The largest absolute Gasteiger partial charge is 0.393 e. The van der Waals surface area contributed by atoms with Gasteiger partial charge in [-0.2, -0.15) is 0 Å². The van der Waals surface area contributed by atoms with Crippen molar-refractivity contribution in [2.75, 3.05) is 6.54 Å². The van der Waals surface area contributed by atoms with Crippen LogP contribution in [-0.2, 0) is 6.42 Å². The average molecular weight is 316 g/mol. The number of pyridine rings is 1. The molecule has 0 atom stereocenters. The Morgan fingerprint density at radius 3 is 2.91 bits per heavy atom. The molecule has 0 aromatic carbocycles. The molecule has 0 bridgehead atoms. The van der Waals surface area contributed by atoms with Crippen molar-refractivity contribution in [3.8, 4) is 0 Å². The van der Waals surface area contributed by atoms with E-state index in [-0.39, 0.29) is 18.2 Å². The summed E-state index contributed by atoms with van der Waals surface area (Å²) in [5.41, 5.74) is 3.08. The Morgan fingerprint density at radius 1 is 1.39 bits per heavy atom. The van der Waals surface area contributed by atoms with Gasteiger partial charge >= 0.3 is 6.03 Å². The molecular formula is C17H24N4O2. The molecule has 1 aliphatic rings. The second-order valence-electron chi connectivity index (χ2n) is 6.31. The van der Waals surface area contributed by atoms with Crippen molar-refractivity contribution in [3.63, 3.8) is 0 Å². The van der Waals surface area contributed by atoms with Crippen molar-refractivity contribution >= 4 is 11.7 Å². The average Bonchev–Trinajstić information content (AvgIpc) is 2.94. The van der Waals surface area contributed by atoms with Crippen molar-refractivity contribution < 1.29 is 9.90 Å². The van der Waals surface area contributed by atoms with Gasteiger partial charge in [-0.25, -0.2) is 9.78 Å². The number of aliphatic hydroxyl groups is 1.